The summed E-state index contributed by atoms with van der Waals surface area (Å²) in [5.41, 5.74) is 1.04. The van der Waals surface area contributed by atoms with Gasteiger partial charge < -0.3 is 10.3 Å². The molecule has 0 atom stereocenters. The Morgan fingerprint density at radius 2 is 1.95 bits per heavy atom. The average Bonchev–Trinajstić information content (AvgIpc) is 2.80. The quantitative estimate of drug-likeness (QED) is 0.620. The molecule has 7 heteroatoms. The number of amides is 1. The third-order valence-electron chi connectivity index (χ3n) is 2.80. The van der Waals surface area contributed by atoms with Crippen LogP contribution in [0.4, 0.5) is 0 Å². The van der Waals surface area contributed by atoms with Crippen LogP contribution < -0.4 is 5.32 Å². The first-order chi connectivity index (χ1) is 9.38. The number of nitrogens with one attached hydrogen (secondary N) is 2. The predicted molar refractivity (Wildman–Crippen MR) is 75.3 cm³/mol. The van der Waals surface area contributed by atoms with E-state index in [0.717, 1.165) is 11.8 Å². The molecular weight excluding hydrogens is 280 g/mol. The van der Waals surface area contributed by atoms with Crippen LogP contribution in [0.2, 0.25) is 0 Å². The zero-order chi connectivity index (χ0) is 14.8. The molecule has 0 saturated heterocycles. The number of aromatic nitrogens is 1. The Labute approximate surface area is 116 Å². The molecule has 2 aromatic rings. The van der Waals surface area contributed by atoms with E-state index in [-0.39, 0.29) is 17.9 Å². The van der Waals surface area contributed by atoms with Gasteiger partial charge in [-0.05, 0) is 6.07 Å². The predicted octanol–water partition coefficient (Wildman–Crippen LogP) is 0.511. The molecule has 0 aliphatic heterocycles. The highest BCUT2D eigenvalue weighted by Gasteiger charge is 2.19. The van der Waals surface area contributed by atoms with Crippen LogP contribution in [0.3, 0.4) is 0 Å². The Kier molecular flexibility index (Phi) is 3.89. The maximum absolute atomic E-state index is 12.0. The normalized spacial score (nSPS) is 11.4. The minimum Gasteiger partial charge on any atom is -0.360 e. The lowest BCUT2D eigenvalue weighted by Gasteiger charge is -2.02. The summed E-state index contributed by atoms with van der Waals surface area (Å²) < 4.78 is 21.9. The summed E-state index contributed by atoms with van der Waals surface area (Å²) in [5.74, 6) is -1.69. The van der Waals surface area contributed by atoms with Gasteiger partial charge >= 0.3 is 0 Å². The number of rotatable bonds is 5. The molecule has 0 aliphatic rings. The summed E-state index contributed by atoms with van der Waals surface area (Å²) in [7, 11) is -3.17. The number of carbonyl (C=O) groups is 2. The minimum absolute atomic E-state index is 0.0776. The third-order valence-corrected chi connectivity index (χ3v) is 3.74. The highest BCUT2D eigenvalue weighted by Crippen LogP contribution is 2.17. The van der Waals surface area contributed by atoms with Gasteiger partial charge in [-0.15, -0.1) is 0 Å². The lowest BCUT2D eigenvalue weighted by Crippen LogP contribution is -2.34. The monoisotopic (exact) mass is 294 g/mol. The van der Waals surface area contributed by atoms with Crippen molar-refractivity contribution >= 4 is 32.4 Å². The lowest BCUT2D eigenvalue weighted by molar-refractivity contribution is -0.116. The molecule has 0 fully saturated rings. The SMILES string of the molecule is CS(=O)(=O)CCNC(=O)C(=O)c1c[nH]c2ccccc12. The Morgan fingerprint density at radius 1 is 1.25 bits per heavy atom. The Morgan fingerprint density at radius 3 is 2.65 bits per heavy atom. The van der Waals surface area contributed by atoms with Crippen molar-refractivity contribution in [2.45, 2.75) is 0 Å². The van der Waals surface area contributed by atoms with Crippen molar-refractivity contribution in [2.75, 3.05) is 18.6 Å². The van der Waals surface area contributed by atoms with E-state index in [4.69, 9.17) is 0 Å². The lowest BCUT2D eigenvalue weighted by atomic mass is 10.1. The third kappa shape index (κ3) is 3.24. The molecule has 0 saturated carbocycles. The molecule has 2 rings (SSSR count). The van der Waals surface area contributed by atoms with Gasteiger partial charge in [-0.2, -0.15) is 0 Å². The van der Waals surface area contributed by atoms with Gasteiger partial charge in [-0.25, -0.2) is 8.42 Å². The second-order valence-electron chi connectivity index (χ2n) is 4.46. The van der Waals surface area contributed by atoms with Crippen molar-refractivity contribution in [3.05, 3.63) is 36.0 Å². The molecule has 1 amide bonds. The van der Waals surface area contributed by atoms with Gasteiger partial charge in [0.1, 0.15) is 9.84 Å². The number of H-pyrrole nitrogens is 1. The second-order valence-corrected chi connectivity index (χ2v) is 6.72. The summed E-state index contributed by atoms with van der Waals surface area (Å²) >= 11 is 0. The van der Waals surface area contributed by atoms with Gasteiger partial charge in [-0.1, -0.05) is 18.2 Å². The van der Waals surface area contributed by atoms with Crippen molar-refractivity contribution in [1.82, 2.24) is 10.3 Å². The van der Waals surface area contributed by atoms with E-state index < -0.39 is 21.5 Å². The molecule has 0 unspecified atom stereocenters. The van der Waals surface area contributed by atoms with E-state index >= 15 is 0 Å². The maximum Gasteiger partial charge on any atom is 0.292 e. The number of carbonyl (C=O) groups excluding carboxylic acids is 2. The van der Waals surface area contributed by atoms with Crippen molar-refractivity contribution in [2.24, 2.45) is 0 Å². The number of para-hydroxylation sites is 1. The topological polar surface area (TPSA) is 96.1 Å². The zero-order valence-electron chi connectivity index (χ0n) is 10.8. The van der Waals surface area contributed by atoms with E-state index in [1.807, 2.05) is 6.07 Å². The first-order valence-corrected chi connectivity index (χ1v) is 8.01. The number of ketones is 1. The van der Waals surface area contributed by atoms with E-state index in [9.17, 15) is 18.0 Å². The Hall–Kier alpha value is -2.15. The van der Waals surface area contributed by atoms with Gasteiger partial charge in [-0.3, -0.25) is 9.59 Å². The molecular formula is C13H14N2O4S. The fourth-order valence-corrected chi connectivity index (χ4v) is 2.28. The van der Waals surface area contributed by atoms with Gasteiger partial charge in [0.05, 0.1) is 11.3 Å². The largest absolute Gasteiger partial charge is 0.360 e. The van der Waals surface area contributed by atoms with E-state index in [0.29, 0.717) is 5.39 Å². The Bertz CT molecular complexity index is 762. The molecule has 0 aliphatic carbocycles. The van der Waals surface area contributed by atoms with Crippen molar-refractivity contribution in [3.63, 3.8) is 0 Å². The van der Waals surface area contributed by atoms with Crippen LogP contribution in [0.15, 0.2) is 30.5 Å². The standard InChI is InChI=1S/C13H14N2O4S/c1-20(18,19)7-6-14-13(17)12(16)10-8-15-11-5-3-2-4-9(10)11/h2-5,8,15H,6-7H2,1H3,(H,14,17). The number of sulfone groups is 1. The number of hydrogen-bond donors (Lipinski definition) is 2. The summed E-state index contributed by atoms with van der Waals surface area (Å²) in [5, 5.41) is 2.97. The number of fused-ring (bicyclic) bond motifs is 1. The Balaban J connectivity index is 2.09. The second kappa shape index (κ2) is 5.46. The summed E-state index contributed by atoms with van der Waals surface area (Å²) in [6, 6.07) is 7.13. The fraction of sp³-hybridized carbons (Fsp3) is 0.231. The molecule has 1 aromatic heterocycles. The molecule has 0 radical (unpaired) electrons. The first kappa shape index (κ1) is 14.3. The molecule has 0 spiro atoms. The summed E-state index contributed by atoms with van der Waals surface area (Å²) in [6.07, 6.45) is 2.55. The van der Waals surface area contributed by atoms with Gasteiger partial charge in [0.2, 0.25) is 0 Å². The van der Waals surface area contributed by atoms with Gasteiger partial charge in [0.25, 0.3) is 11.7 Å². The van der Waals surface area contributed by atoms with Crippen LogP contribution in [0, 0.1) is 0 Å². The summed E-state index contributed by atoms with van der Waals surface area (Å²) in [6.45, 7) is -0.0776. The fourth-order valence-electron chi connectivity index (χ4n) is 1.81. The van der Waals surface area contributed by atoms with E-state index in [1.54, 1.807) is 18.2 Å². The molecule has 1 heterocycles. The average molecular weight is 294 g/mol. The minimum atomic E-state index is -3.17. The number of benzene rings is 1. The zero-order valence-corrected chi connectivity index (χ0v) is 11.7. The van der Waals surface area contributed by atoms with Crippen molar-refractivity contribution in [1.29, 1.82) is 0 Å². The van der Waals surface area contributed by atoms with Crippen LogP contribution in [-0.4, -0.2) is 43.6 Å². The number of hydrogen-bond acceptors (Lipinski definition) is 4. The number of aromatic amines is 1. The molecule has 0 bridgehead atoms. The van der Waals surface area contributed by atoms with Crippen LogP contribution in [0.5, 0.6) is 0 Å². The molecule has 2 N–H and O–H groups in total. The van der Waals surface area contributed by atoms with Crippen molar-refractivity contribution < 1.29 is 18.0 Å². The van der Waals surface area contributed by atoms with Crippen LogP contribution in [0.25, 0.3) is 10.9 Å². The van der Waals surface area contributed by atoms with Crippen LogP contribution >= 0.6 is 0 Å². The van der Waals surface area contributed by atoms with Gasteiger partial charge in [0.15, 0.2) is 0 Å². The highest BCUT2D eigenvalue weighted by atomic mass is 32.2. The van der Waals surface area contributed by atoms with Gasteiger partial charge in [0, 0.05) is 29.9 Å². The van der Waals surface area contributed by atoms with Crippen LogP contribution in [0.1, 0.15) is 10.4 Å². The highest BCUT2D eigenvalue weighted by molar-refractivity contribution is 7.90. The van der Waals surface area contributed by atoms with Crippen LogP contribution in [-0.2, 0) is 14.6 Å². The van der Waals surface area contributed by atoms with E-state index in [2.05, 4.69) is 10.3 Å². The smallest absolute Gasteiger partial charge is 0.292 e. The number of Topliss-reactive ketones (excluding diaryl/α,β-unsaturated/α-hetero) is 1. The molecule has 106 valence electrons. The first-order valence-electron chi connectivity index (χ1n) is 5.95. The summed E-state index contributed by atoms with van der Waals surface area (Å²) in [4.78, 5) is 26.6. The van der Waals surface area contributed by atoms with E-state index in [1.165, 1.54) is 6.20 Å². The molecule has 20 heavy (non-hydrogen) atoms. The maximum atomic E-state index is 12.0. The molecule has 6 nitrogen and oxygen atoms in total. The molecule has 1 aromatic carbocycles. The van der Waals surface area contributed by atoms with Crippen molar-refractivity contribution in [3.8, 4) is 0 Å².